The molecule has 1 heterocycles. The van der Waals surface area contributed by atoms with Crippen molar-refractivity contribution in [1.29, 1.82) is 0 Å². The molecule has 0 aliphatic carbocycles. The molecule has 88 valence electrons. The van der Waals surface area contributed by atoms with Gasteiger partial charge in [-0.15, -0.1) is 0 Å². The highest BCUT2D eigenvalue weighted by Crippen LogP contribution is 2.13. The lowest BCUT2D eigenvalue weighted by atomic mass is 9.97. The van der Waals surface area contributed by atoms with Crippen LogP contribution < -0.4 is 5.32 Å². The molecule has 0 saturated heterocycles. The van der Waals surface area contributed by atoms with Gasteiger partial charge in [-0.3, -0.25) is 9.78 Å². The van der Waals surface area contributed by atoms with E-state index in [1.165, 1.54) is 6.20 Å². The Morgan fingerprint density at radius 3 is 2.69 bits per heavy atom. The number of hydrogen-bond acceptors (Lipinski definition) is 3. The van der Waals surface area contributed by atoms with Gasteiger partial charge in [0.1, 0.15) is 0 Å². The van der Waals surface area contributed by atoms with E-state index in [1.54, 1.807) is 18.3 Å². The molecule has 1 aromatic heterocycles. The predicted molar refractivity (Wildman–Crippen MR) is 62.1 cm³/mol. The first-order chi connectivity index (χ1) is 7.61. The highest BCUT2D eigenvalue weighted by atomic mass is 16.3. The highest BCUT2D eigenvalue weighted by molar-refractivity contribution is 5.93. The lowest BCUT2D eigenvalue weighted by Crippen LogP contribution is -2.42. The van der Waals surface area contributed by atoms with Gasteiger partial charge in [0, 0.05) is 18.9 Å². The highest BCUT2D eigenvalue weighted by Gasteiger charge is 2.22. The summed E-state index contributed by atoms with van der Waals surface area (Å²) >= 11 is 0. The third kappa shape index (κ3) is 3.31. The molecule has 0 radical (unpaired) electrons. The van der Waals surface area contributed by atoms with Crippen LogP contribution in [0.1, 0.15) is 37.0 Å². The average molecular weight is 222 g/mol. The summed E-state index contributed by atoms with van der Waals surface area (Å²) in [5, 5.41) is 12.7. The molecule has 4 heteroatoms. The van der Waals surface area contributed by atoms with Crippen molar-refractivity contribution in [3.8, 4) is 0 Å². The molecule has 1 amide bonds. The molecular formula is C12H18N2O2. The normalized spacial score (nSPS) is 11.2. The molecule has 0 unspecified atom stereocenters. The number of amides is 1. The van der Waals surface area contributed by atoms with Crippen LogP contribution in [-0.4, -0.2) is 28.1 Å². The van der Waals surface area contributed by atoms with Crippen molar-refractivity contribution in [2.75, 3.05) is 6.54 Å². The van der Waals surface area contributed by atoms with Gasteiger partial charge in [0.15, 0.2) is 0 Å². The second kappa shape index (κ2) is 5.61. The summed E-state index contributed by atoms with van der Waals surface area (Å²) in [6.07, 6.45) is 4.37. The Morgan fingerprint density at radius 2 is 2.19 bits per heavy atom. The van der Waals surface area contributed by atoms with Crippen molar-refractivity contribution in [1.82, 2.24) is 10.3 Å². The topological polar surface area (TPSA) is 62.2 Å². The van der Waals surface area contributed by atoms with Crippen LogP contribution in [0.5, 0.6) is 0 Å². The second-order valence-corrected chi connectivity index (χ2v) is 3.86. The number of nitrogens with zero attached hydrogens (tertiary/aromatic N) is 1. The molecule has 0 aliphatic rings. The molecule has 1 rings (SSSR count). The third-order valence-electron chi connectivity index (χ3n) is 2.82. The van der Waals surface area contributed by atoms with E-state index in [9.17, 15) is 9.90 Å². The summed E-state index contributed by atoms with van der Waals surface area (Å²) < 4.78 is 0. The summed E-state index contributed by atoms with van der Waals surface area (Å²) in [5.41, 5.74) is -0.297. The van der Waals surface area contributed by atoms with Crippen molar-refractivity contribution in [3.63, 3.8) is 0 Å². The van der Waals surface area contributed by atoms with Crippen LogP contribution in [0, 0.1) is 0 Å². The van der Waals surface area contributed by atoms with Gasteiger partial charge in [0.25, 0.3) is 5.91 Å². The molecule has 0 aromatic carbocycles. The first-order valence-corrected chi connectivity index (χ1v) is 5.52. The molecule has 0 atom stereocenters. The Balaban J connectivity index is 2.54. The first-order valence-electron chi connectivity index (χ1n) is 5.52. The molecule has 1 aromatic rings. The number of aliphatic hydroxyl groups is 1. The SMILES string of the molecule is CCC(O)(CC)CNC(=O)c1cccnc1. The number of carbonyl (C=O) groups is 1. The second-order valence-electron chi connectivity index (χ2n) is 3.86. The van der Waals surface area contributed by atoms with Crippen LogP contribution >= 0.6 is 0 Å². The quantitative estimate of drug-likeness (QED) is 0.790. The number of nitrogens with one attached hydrogen (secondary N) is 1. The Morgan fingerprint density at radius 1 is 1.50 bits per heavy atom. The number of carbonyl (C=O) groups excluding carboxylic acids is 1. The minimum absolute atomic E-state index is 0.201. The molecular weight excluding hydrogens is 204 g/mol. The van der Waals surface area contributed by atoms with Crippen LogP contribution in [0.25, 0.3) is 0 Å². The largest absolute Gasteiger partial charge is 0.388 e. The zero-order chi connectivity index (χ0) is 12.0. The van der Waals surface area contributed by atoms with Crippen molar-refractivity contribution in [3.05, 3.63) is 30.1 Å². The van der Waals surface area contributed by atoms with E-state index in [-0.39, 0.29) is 12.5 Å². The van der Waals surface area contributed by atoms with Crippen LogP contribution in [-0.2, 0) is 0 Å². The number of rotatable bonds is 5. The van der Waals surface area contributed by atoms with E-state index in [4.69, 9.17) is 0 Å². The molecule has 0 fully saturated rings. The van der Waals surface area contributed by atoms with Gasteiger partial charge < -0.3 is 10.4 Å². The van der Waals surface area contributed by atoms with Crippen molar-refractivity contribution >= 4 is 5.91 Å². The predicted octanol–water partition coefficient (Wildman–Crippen LogP) is 1.36. The van der Waals surface area contributed by atoms with Gasteiger partial charge in [-0.05, 0) is 25.0 Å². The average Bonchev–Trinajstić information content (AvgIpc) is 2.36. The Kier molecular flexibility index (Phi) is 4.43. The molecule has 2 N–H and O–H groups in total. The van der Waals surface area contributed by atoms with E-state index >= 15 is 0 Å². The molecule has 0 bridgehead atoms. The van der Waals surface area contributed by atoms with Crippen LogP contribution in [0.4, 0.5) is 0 Å². The van der Waals surface area contributed by atoms with E-state index < -0.39 is 5.60 Å². The number of pyridine rings is 1. The fraction of sp³-hybridized carbons (Fsp3) is 0.500. The van der Waals surface area contributed by atoms with Gasteiger partial charge in [-0.25, -0.2) is 0 Å². The summed E-state index contributed by atoms with van der Waals surface area (Å²) in [7, 11) is 0. The first kappa shape index (κ1) is 12.6. The van der Waals surface area contributed by atoms with Crippen molar-refractivity contribution in [2.45, 2.75) is 32.3 Å². The summed E-state index contributed by atoms with van der Waals surface area (Å²) in [5.74, 6) is -0.201. The Hall–Kier alpha value is -1.42. The van der Waals surface area contributed by atoms with Gasteiger partial charge in [-0.1, -0.05) is 13.8 Å². The van der Waals surface area contributed by atoms with E-state index in [0.29, 0.717) is 18.4 Å². The molecule has 0 spiro atoms. The molecule has 16 heavy (non-hydrogen) atoms. The summed E-state index contributed by atoms with van der Waals surface area (Å²) in [4.78, 5) is 15.5. The monoisotopic (exact) mass is 222 g/mol. The lowest BCUT2D eigenvalue weighted by Gasteiger charge is -2.25. The molecule has 0 saturated carbocycles. The van der Waals surface area contributed by atoms with Crippen molar-refractivity contribution < 1.29 is 9.90 Å². The standard InChI is InChI=1S/C12H18N2O2/c1-3-12(16,4-2)9-14-11(15)10-6-5-7-13-8-10/h5-8,16H,3-4,9H2,1-2H3,(H,14,15). The fourth-order valence-electron chi connectivity index (χ4n) is 1.34. The number of aromatic nitrogens is 1. The summed E-state index contributed by atoms with van der Waals surface area (Å²) in [6, 6.07) is 3.40. The summed E-state index contributed by atoms with van der Waals surface area (Å²) in [6.45, 7) is 4.08. The lowest BCUT2D eigenvalue weighted by molar-refractivity contribution is 0.0314. The van der Waals surface area contributed by atoms with Gasteiger partial charge >= 0.3 is 0 Å². The zero-order valence-corrected chi connectivity index (χ0v) is 9.73. The Labute approximate surface area is 95.7 Å². The maximum Gasteiger partial charge on any atom is 0.252 e. The third-order valence-corrected chi connectivity index (χ3v) is 2.82. The maximum atomic E-state index is 11.7. The van der Waals surface area contributed by atoms with Crippen LogP contribution in [0.3, 0.4) is 0 Å². The van der Waals surface area contributed by atoms with Crippen molar-refractivity contribution in [2.24, 2.45) is 0 Å². The van der Waals surface area contributed by atoms with Gasteiger partial charge in [-0.2, -0.15) is 0 Å². The number of hydrogen-bond donors (Lipinski definition) is 2. The Bertz CT molecular complexity index is 334. The minimum atomic E-state index is -0.808. The van der Waals surface area contributed by atoms with E-state index in [2.05, 4.69) is 10.3 Å². The van der Waals surface area contributed by atoms with Gasteiger partial charge in [0.2, 0.25) is 0 Å². The molecule has 0 aliphatic heterocycles. The fourth-order valence-corrected chi connectivity index (χ4v) is 1.34. The van der Waals surface area contributed by atoms with Crippen LogP contribution in [0.2, 0.25) is 0 Å². The van der Waals surface area contributed by atoms with E-state index in [1.807, 2.05) is 13.8 Å². The van der Waals surface area contributed by atoms with Gasteiger partial charge in [0.05, 0.1) is 11.2 Å². The molecule has 4 nitrogen and oxygen atoms in total. The zero-order valence-electron chi connectivity index (χ0n) is 9.73. The smallest absolute Gasteiger partial charge is 0.252 e. The van der Waals surface area contributed by atoms with E-state index in [0.717, 1.165) is 0 Å². The van der Waals surface area contributed by atoms with Crippen LogP contribution in [0.15, 0.2) is 24.5 Å². The minimum Gasteiger partial charge on any atom is -0.388 e. The maximum absolute atomic E-state index is 11.7.